The summed E-state index contributed by atoms with van der Waals surface area (Å²) in [6, 6.07) is 4.75. The van der Waals surface area contributed by atoms with Crippen molar-refractivity contribution in [1.82, 2.24) is 9.38 Å². The highest BCUT2D eigenvalue weighted by atomic mass is 35.6. The summed E-state index contributed by atoms with van der Waals surface area (Å²) in [7, 11) is 2.24. The quantitative estimate of drug-likeness (QED) is 0.354. The van der Waals surface area contributed by atoms with Crippen LogP contribution in [0.25, 0.3) is 5.65 Å². The number of ether oxygens (including phenoxy) is 1. The van der Waals surface area contributed by atoms with Crippen molar-refractivity contribution in [3.05, 3.63) is 35.3 Å². The minimum atomic E-state index is -2.13. The Morgan fingerprint density at radius 1 is 1.30 bits per heavy atom. The molecule has 1 radical (unpaired) electrons. The normalized spacial score (nSPS) is 10.7. The smallest absolute Gasteiger partial charge is 0.355 e. The van der Waals surface area contributed by atoms with Gasteiger partial charge >= 0.3 is 13.5 Å². The molecule has 123 valence electrons. The number of nitrogens with zero attached hydrogens (tertiary/aromatic N) is 2. The summed E-state index contributed by atoms with van der Waals surface area (Å²) in [5.74, 6) is -1.38. The van der Waals surface area contributed by atoms with Gasteiger partial charge in [-0.3, -0.25) is 9.20 Å². The largest absolute Gasteiger partial charge is 0.464 e. The molecule has 0 aliphatic rings. The van der Waals surface area contributed by atoms with E-state index in [1.54, 1.807) is 19.1 Å². The number of esters is 1. The molecule has 23 heavy (non-hydrogen) atoms. The number of methoxy groups -OCH3 is 1. The Hall–Kier alpha value is -1.32. The van der Waals surface area contributed by atoms with Gasteiger partial charge in [0.1, 0.15) is 17.0 Å². The van der Waals surface area contributed by atoms with Crippen LogP contribution in [0.3, 0.4) is 0 Å². The predicted octanol–water partition coefficient (Wildman–Crippen LogP) is 1.42. The van der Waals surface area contributed by atoms with Crippen LogP contribution in [0.15, 0.2) is 18.2 Å². The highest BCUT2D eigenvalue weighted by molar-refractivity contribution is 6.77. The first-order valence-electron chi connectivity index (χ1n) is 6.12. The average Bonchev–Trinajstić information content (AvgIpc) is 2.81. The molecule has 2 aromatic rings. The van der Waals surface area contributed by atoms with Gasteiger partial charge in [-0.05, 0) is 19.1 Å². The molecule has 0 saturated heterocycles. The van der Waals surface area contributed by atoms with Crippen LogP contribution in [0.2, 0.25) is 0 Å². The highest BCUT2D eigenvalue weighted by Gasteiger charge is 2.36. The van der Waals surface area contributed by atoms with E-state index in [9.17, 15) is 9.59 Å². The van der Waals surface area contributed by atoms with E-state index in [0.29, 0.717) is 11.3 Å². The molecule has 2 aromatic heterocycles. The van der Waals surface area contributed by atoms with Crippen molar-refractivity contribution >= 4 is 59.8 Å². The third kappa shape index (κ3) is 4.36. The minimum absolute atomic E-state index is 0.0426. The zero-order valence-electron chi connectivity index (χ0n) is 12.2. The number of fused-ring (bicyclic) bond motifs is 1. The lowest BCUT2D eigenvalue weighted by Gasteiger charge is -2.11. The van der Waals surface area contributed by atoms with E-state index in [1.165, 1.54) is 17.6 Å². The number of aryl methyl sites for hydroxylation is 1. The summed E-state index contributed by atoms with van der Waals surface area (Å²) in [6.07, 6.45) is 0. The Labute approximate surface area is 148 Å². The molecular weight excluding hydrogens is 365 g/mol. The molecular formula is C12H13BCl3N4O3. The van der Waals surface area contributed by atoms with Crippen LogP contribution >= 0.6 is 34.8 Å². The van der Waals surface area contributed by atoms with Crippen LogP contribution < -0.4 is 11.3 Å². The maximum absolute atomic E-state index is 12.2. The fourth-order valence-corrected chi connectivity index (χ4v) is 2.14. The topological polar surface area (TPSA) is 113 Å². The Morgan fingerprint density at radius 2 is 1.87 bits per heavy atom. The molecule has 11 heteroatoms. The van der Waals surface area contributed by atoms with Gasteiger partial charge < -0.3 is 16.0 Å². The first-order chi connectivity index (χ1) is 10.7. The number of pyridine rings is 1. The number of ketones is 1. The molecule has 2 heterocycles. The van der Waals surface area contributed by atoms with Gasteiger partial charge in [-0.25, -0.2) is 9.78 Å². The Balaban J connectivity index is 0.000000816. The second-order valence-electron chi connectivity index (χ2n) is 4.16. The Morgan fingerprint density at radius 3 is 2.35 bits per heavy atom. The molecule has 0 unspecified atom stereocenters. The van der Waals surface area contributed by atoms with Crippen molar-refractivity contribution in [1.29, 1.82) is 0 Å². The van der Waals surface area contributed by atoms with Gasteiger partial charge in [0.05, 0.1) is 12.8 Å². The molecule has 0 bridgehead atoms. The van der Waals surface area contributed by atoms with E-state index in [1.807, 2.05) is 0 Å². The molecule has 2 rings (SSSR count). The minimum Gasteiger partial charge on any atom is -0.464 e. The molecule has 0 aliphatic heterocycles. The molecule has 0 fully saturated rings. The summed E-state index contributed by atoms with van der Waals surface area (Å²) in [5.41, 5.74) is 9.92. The average molecular weight is 378 g/mol. The van der Waals surface area contributed by atoms with E-state index < -0.39 is 15.5 Å². The first kappa shape index (κ1) is 19.7. The number of carbonyl (C=O) groups excluding carboxylic acids is 2. The van der Waals surface area contributed by atoms with Gasteiger partial charge in [0, 0.05) is 0 Å². The van der Waals surface area contributed by atoms with Crippen LogP contribution in [0.5, 0.6) is 0 Å². The molecule has 0 amide bonds. The second kappa shape index (κ2) is 7.98. The molecule has 0 aromatic carbocycles. The SMILES string of the molecule is COC(=O)c1cccc2nc(C)c(C(=O)C(Cl)(Cl)Cl)n12.N[B]N. The van der Waals surface area contributed by atoms with Gasteiger partial charge in [0.15, 0.2) is 0 Å². The zero-order valence-corrected chi connectivity index (χ0v) is 14.5. The van der Waals surface area contributed by atoms with E-state index in [4.69, 9.17) is 34.8 Å². The fourth-order valence-electron chi connectivity index (χ4n) is 1.87. The molecule has 4 N–H and O–H groups in total. The summed E-state index contributed by atoms with van der Waals surface area (Å²) in [4.78, 5) is 28.2. The standard InChI is InChI=1S/C12H9Cl3N2O3.BH4N2/c1-6-9(10(18)12(13,14)15)17-7(11(19)20-2)4-3-5-8(17)16-6;2-1-3/h3-5H,1-2H3;2-3H2. The third-order valence-corrected chi connectivity index (χ3v) is 3.20. The number of imidazole rings is 1. The lowest BCUT2D eigenvalue weighted by Crippen LogP contribution is -2.23. The molecule has 7 nitrogen and oxygen atoms in total. The number of hydrogen-bond acceptors (Lipinski definition) is 6. The van der Waals surface area contributed by atoms with Gasteiger partial charge in [-0.2, -0.15) is 0 Å². The monoisotopic (exact) mass is 377 g/mol. The van der Waals surface area contributed by atoms with Crippen LogP contribution in [0.1, 0.15) is 26.7 Å². The van der Waals surface area contributed by atoms with Crippen LogP contribution in [0, 0.1) is 6.92 Å². The fraction of sp³-hybridized carbons (Fsp3) is 0.250. The summed E-state index contributed by atoms with van der Waals surface area (Å²) < 4.78 is 3.87. The van der Waals surface area contributed by atoms with Crippen LogP contribution in [0.4, 0.5) is 0 Å². The van der Waals surface area contributed by atoms with Crippen molar-refractivity contribution < 1.29 is 14.3 Å². The van der Waals surface area contributed by atoms with E-state index in [-0.39, 0.29) is 11.4 Å². The molecule has 0 atom stereocenters. The number of halogens is 3. The number of carbonyl (C=O) groups is 2. The first-order valence-corrected chi connectivity index (χ1v) is 7.25. The third-order valence-electron chi connectivity index (χ3n) is 2.69. The number of nitrogens with two attached hydrogens (primary N) is 2. The second-order valence-corrected chi connectivity index (χ2v) is 6.44. The van der Waals surface area contributed by atoms with E-state index >= 15 is 0 Å². The number of rotatable bonds is 2. The van der Waals surface area contributed by atoms with E-state index in [2.05, 4.69) is 21.0 Å². The Bertz CT molecular complexity index is 730. The maximum Gasteiger partial charge on any atom is 0.355 e. The summed E-state index contributed by atoms with van der Waals surface area (Å²) >= 11 is 16.9. The highest BCUT2D eigenvalue weighted by Crippen LogP contribution is 2.32. The van der Waals surface area contributed by atoms with Gasteiger partial charge in [0.2, 0.25) is 5.78 Å². The van der Waals surface area contributed by atoms with Crippen molar-refractivity contribution in [3.63, 3.8) is 0 Å². The number of aromatic nitrogens is 2. The van der Waals surface area contributed by atoms with Gasteiger partial charge in [0.25, 0.3) is 3.79 Å². The maximum atomic E-state index is 12.2. The van der Waals surface area contributed by atoms with Crippen molar-refractivity contribution in [2.45, 2.75) is 10.7 Å². The zero-order chi connectivity index (χ0) is 17.8. The number of hydrogen-bond donors (Lipinski definition) is 2. The summed E-state index contributed by atoms with van der Waals surface area (Å²) in [6.45, 7) is 1.59. The van der Waals surface area contributed by atoms with Gasteiger partial charge in [-0.1, -0.05) is 40.9 Å². The lowest BCUT2D eigenvalue weighted by atomic mass is 10.2. The Kier molecular flexibility index (Phi) is 6.85. The van der Waals surface area contributed by atoms with Crippen molar-refractivity contribution in [2.75, 3.05) is 7.11 Å². The van der Waals surface area contributed by atoms with Crippen molar-refractivity contribution in [3.8, 4) is 0 Å². The predicted molar refractivity (Wildman–Crippen MR) is 90.0 cm³/mol. The number of alkyl halides is 3. The summed E-state index contributed by atoms with van der Waals surface area (Å²) in [5, 5.41) is 0. The van der Waals surface area contributed by atoms with Crippen LogP contribution in [-0.4, -0.2) is 39.6 Å². The molecule has 0 saturated carbocycles. The molecule has 0 aliphatic carbocycles. The van der Waals surface area contributed by atoms with Gasteiger partial charge in [-0.15, -0.1) is 0 Å². The molecule has 0 spiro atoms. The van der Waals surface area contributed by atoms with Crippen LogP contribution in [-0.2, 0) is 4.74 Å². The number of Topliss-reactive ketones (excluding diaryl/α,β-unsaturated/α-hetero) is 1. The van der Waals surface area contributed by atoms with Crippen molar-refractivity contribution in [2.24, 2.45) is 11.3 Å². The lowest BCUT2D eigenvalue weighted by molar-refractivity contribution is 0.0592. The van der Waals surface area contributed by atoms with E-state index in [0.717, 1.165) is 7.55 Å².